The lowest BCUT2D eigenvalue weighted by molar-refractivity contribution is 0.545. The van der Waals surface area contributed by atoms with Gasteiger partial charge in [0.05, 0.1) is 12.5 Å². The molecule has 2 aromatic heterocycles. The molecule has 2 rings (SSSR count). The predicted octanol–water partition coefficient (Wildman–Crippen LogP) is 2.29. The number of nitrogens with zero attached hydrogens (tertiary/aromatic N) is 3. The van der Waals surface area contributed by atoms with Crippen molar-refractivity contribution in [3.63, 3.8) is 0 Å². The van der Waals surface area contributed by atoms with Crippen LogP contribution in [0.4, 0.5) is 11.6 Å². The molecule has 0 spiro atoms. The monoisotopic (exact) mass is 275 g/mol. The van der Waals surface area contributed by atoms with Crippen LogP contribution < -0.4 is 16.2 Å². The second-order valence-corrected chi connectivity index (χ2v) is 5.82. The van der Waals surface area contributed by atoms with Crippen molar-refractivity contribution in [1.82, 2.24) is 9.97 Å². The first-order valence-corrected chi connectivity index (χ1v) is 6.48. The number of nitrogen functional groups attached to an aromatic ring is 1. The highest BCUT2D eigenvalue weighted by Crippen LogP contribution is 2.24. The van der Waals surface area contributed by atoms with Gasteiger partial charge in [0.1, 0.15) is 17.5 Å². The van der Waals surface area contributed by atoms with Gasteiger partial charge in [-0.25, -0.2) is 15.8 Å². The third-order valence-corrected chi connectivity index (χ3v) is 2.92. The van der Waals surface area contributed by atoms with Crippen molar-refractivity contribution in [2.24, 2.45) is 5.84 Å². The van der Waals surface area contributed by atoms with E-state index in [1.165, 1.54) is 0 Å². The van der Waals surface area contributed by atoms with Crippen LogP contribution in [0.25, 0.3) is 0 Å². The van der Waals surface area contributed by atoms with Crippen LogP contribution in [0.5, 0.6) is 0 Å². The number of anilines is 2. The van der Waals surface area contributed by atoms with E-state index in [1.54, 1.807) is 12.5 Å². The largest absolute Gasteiger partial charge is 0.472 e. The summed E-state index contributed by atoms with van der Waals surface area (Å²) >= 11 is 0. The van der Waals surface area contributed by atoms with E-state index in [0.717, 1.165) is 17.2 Å². The highest BCUT2D eigenvalue weighted by Gasteiger charge is 2.20. The maximum absolute atomic E-state index is 5.49. The van der Waals surface area contributed by atoms with Gasteiger partial charge < -0.3 is 14.7 Å². The fourth-order valence-corrected chi connectivity index (χ4v) is 1.78. The maximum atomic E-state index is 5.49. The first kappa shape index (κ1) is 14.3. The summed E-state index contributed by atoms with van der Waals surface area (Å²) in [6, 6.07) is 3.76. The Balaban J connectivity index is 2.30. The Hall–Kier alpha value is -2.08. The number of aromatic nitrogens is 2. The fraction of sp³-hybridized carbons (Fsp3) is 0.429. The quantitative estimate of drug-likeness (QED) is 0.658. The van der Waals surface area contributed by atoms with Gasteiger partial charge in [0.2, 0.25) is 0 Å². The molecule has 0 saturated carbocycles. The molecule has 0 saturated heterocycles. The van der Waals surface area contributed by atoms with Crippen molar-refractivity contribution in [3.05, 3.63) is 36.0 Å². The molecule has 0 fully saturated rings. The molecule has 0 aromatic carbocycles. The molecule has 0 bridgehead atoms. The van der Waals surface area contributed by atoms with Crippen LogP contribution in [0, 0.1) is 0 Å². The van der Waals surface area contributed by atoms with Crippen molar-refractivity contribution in [2.75, 3.05) is 17.4 Å². The van der Waals surface area contributed by atoms with Crippen molar-refractivity contribution in [3.8, 4) is 0 Å². The minimum absolute atomic E-state index is 0.141. The molecule has 0 aliphatic carbocycles. The number of hydrazine groups is 1. The summed E-state index contributed by atoms with van der Waals surface area (Å²) in [6.45, 7) is 6.93. The van der Waals surface area contributed by atoms with E-state index in [4.69, 9.17) is 10.3 Å². The molecule has 3 N–H and O–H groups in total. The van der Waals surface area contributed by atoms with E-state index >= 15 is 0 Å². The van der Waals surface area contributed by atoms with Crippen LogP contribution in [-0.4, -0.2) is 17.0 Å². The van der Waals surface area contributed by atoms with Crippen molar-refractivity contribution in [2.45, 2.75) is 32.7 Å². The van der Waals surface area contributed by atoms with E-state index in [-0.39, 0.29) is 5.41 Å². The molecule has 2 aromatic rings. The van der Waals surface area contributed by atoms with E-state index in [2.05, 4.69) is 36.2 Å². The molecule has 0 radical (unpaired) electrons. The summed E-state index contributed by atoms with van der Waals surface area (Å²) < 4.78 is 5.08. The summed E-state index contributed by atoms with van der Waals surface area (Å²) in [5.41, 5.74) is 3.55. The number of furan rings is 1. The minimum Gasteiger partial charge on any atom is -0.472 e. The smallest absolute Gasteiger partial charge is 0.145 e. The van der Waals surface area contributed by atoms with Gasteiger partial charge in [0, 0.05) is 30.6 Å². The van der Waals surface area contributed by atoms with Crippen molar-refractivity contribution >= 4 is 11.6 Å². The number of hydrogen-bond donors (Lipinski definition) is 2. The SMILES string of the molecule is CN(Cc1ccoc1)c1cc(NN)nc(C(C)(C)C)n1. The fourth-order valence-electron chi connectivity index (χ4n) is 1.78. The normalized spacial score (nSPS) is 11.4. The van der Waals surface area contributed by atoms with E-state index in [1.807, 2.05) is 24.1 Å². The molecule has 0 unspecified atom stereocenters. The first-order chi connectivity index (χ1) is 9.40. The van der Waals surface area contributed by atoms with Gasteiger partial charge in [-0.1, -0.05) is 20.8 Å². The second kappa shape index (κ2) is 5.50. The molecule has 20 heavy (non-hydrogen) atoms. The summed E-state index contributed by atoms with van der Waals surface area (Å²) in [5.74, 6) is 7.67. The average molecular weight is 275 g/mol. The Morgan fingerprint density at radius 3 is 2.65 bits per heavy atom. The number of hydrogen-bond acceptors (Lipinski definition) is 6. The summed E-state index contributed by atoms with van der Waals surface area (Å²) in [4.78, 5) is 11.1. The summed E-state index contributed by atoms with van der Waals surface area (Å²) in [5, 5.41) is 0. The number of rotatable bonds is 4. The zero-order chi connectivity index (χ0) is 14.8. The second-order valence-electron chi connectivity index (χ2n) is 5.82. The van der Waals surface area contributed by atoms with Crippen LogP contribution >= 0.6 is 0 Å². The molecule has 6 nitrogen and oxygen atoms in total. The average Bonchev–Trinajstić information content (AvgIpc) is 2.90. The van der Waals surface area contributed by atoms with Crippen molar-refractivity contribution in [1.29, 1.82) is 0 Å². The van der Waals surface area contributed by atoms with Gasteiger partial charge in [0.25, 0.3) is 0 Å². The van der Waals surface area contributed by atoms with Crippen LogP contribution in [0.2, 0.25) is 0 Å². The molecule has 2 heterocycles. The summed E-state index contributed by atoms with van der Waals surface area (Å²) in [7, 11) is 1.97. The van der Waals surface area contributed by atoms with Crippen LogP contribution in [0.15, 0.2) is 29.1 Å². The maximum Gasteiger partial charge on any atom is 0.145 e. The van der Waals surface area contributed by atoms with Gasteiger partial charge in [-0.2, -0.15) is 0 Å². The Labute approximate surface area is 119 Å². The van der Waals surface area contributed by atoms with E-state index < -0.39 is 0 Å². The van der Waals surface area contributed by atoms with Crippen LogP contribution in [0.3, 0.4) is 0 Å². The first-order valence-electron chi connectivity index (χ1n) is 6.48. The van der Waals surface area contributed by atoms with Gasteiger partial charge in [0.15, 0.2) is 0 Å². The van der Waals surface area contributed by atoms with E-state index in [9.17, 15) is 0 Å². The third kappa shape index (κ3) is 3.27. The van der Waals surface area contributed by atoms with Gasteiger partial charge >= 0.3 is 0 Å². The molecular weight excluding hydrogens is 254 g/mol. The standard InChI is InChI=1S/C14H21N5O/c1-14(2,3)13-16-11(18-15)7-12(17-13)19(4)8-10-5-6-20-9-10/h5-7,9H,8,15H2,1-4H3,(H,16,17,18). The Bertz CT molecular complexity index is 559. The Morgan fingerprint density at radius 1 is 1.35 bits per heavy atom. The predicted molar refractivity (Wildman–Crippen MR) is 79.4 cm³/mol. The molecule has 0 aliphatic rings. The molecule has 108 valence electrons. The zero-order valence-electron chi connectivity index (χ0n) is 12.3. The number of nitrogens with two attached hydrogens (primary N) is 1. The summed E-state index contributed by atoms with van der Waals surface area (Å²) in [6.07, 6.45) is 3.39. The molecule has 0 aliphatic heterocycles. The Morgan fingerprint density at radius 2 is 2.10 bits per heavy atom. The highest BCUT2D eigenvalue weighted by atomic mass is 16.3. The molecular formula is C14H21N5O. The zero-order valence-corrected chi connectivity index (χ0v) is 12.3. The highest BCUT2D eigenvalue weighted by molar-refractivity contribution is 5.49. The number of nitrogens with one attached hydrogen (secondary N) is 1. The lowest BCUT2D eigenvalue weighted by Crippen LogP contribution is -2.23. The molecule has 0 amide bonds. The Kier molecular flexibility index (Phi) is 3.94. The molecule has 6 heteroatoms. The van der Waals surface area contributed by atoms with Crippen LogP contribution in [0.1, 0.15) is 32.2 Å². The van der Waals surface area contributed by atoms with Gasteiger partial charge in [-0.3, -0.25) is 0 Å². The van der Waals surface area contributed by atoms with Gasteiger partial charge in [-0.15, -0.1) is 0 Å². The lowest BCUT2D eigenvalue weighted by Gasteiger charge is -2.22. The van der Waals surface area contributed by atoms with E-state index in [0.29, 0.717) is 12.4 Å². The molecule has 0 atom stereocenters. The lowest BCUT2D eigenvalue weighted by atomic mass is 9.96. The topological polar surface area (TPSA) is 80.2 Å². The minimum atomic E-state index is -0.141. The van der Waals surface area contributed by atoms with Gasteiger partial charge in [-0.05, 0) is 6.07 Å². The van der Waals surface area contributed by atoms with Crippen molar-refractivity contribution < 1.29 is 4.42 Å². The van der Waals surface area contributed by atoms with Crippen LogP contribution in [-0.2, 0) is 12.0 Å². The third-order valence-electron chi connectivity index (χ3n) is 2.92.